The van der Waals surface area contributed by atoms with Gasteiger partial charge >= 0.3 is 0 Å². The smallest absolute Gasteiger partial charge is 0.0725 e. The molecular weight excluding hydrogens is 236 g/mol. The van der Waals surface area contributed by atoms with E-state index in [2.05, 4.69) is 47.9 Å². The van der Waals surface area contributed by atoms with Gasteiger partial charge in [0, 0.05) is 6.04 Å². The summed E-state index contributed by atoms with van der Waals surface area (Å²) in [5.74, 6) is 5.72. The zero-order valence-electron chi connectivity index (χ0n) is 10.8. The highest BCUT2D eigenvalue weighted by atomic mass is 16.5. The number of nitrogens with two attached hydrogens (primary N) is 1. The maximum Gasteiger partial charge on any atom is 0.0725 e. The van der Waals surface area contributed by atoms with Crippen molar-refractivity contribution < 1.29 is 4.74 Å². The van der Waals surface area contributed by atoms with Crippen LogP contribution in [0.5, 0.6) is 0 Å². The molecule has 0 saturated carbocycles. The van der Waals surface area contributed by atoms with E-state index in [9.17, 15) is 0 Å². The SMILES string of the molecule is NNC(Cc1ccccc1)c1ccc2c(c1)COC2. The van der Waals surface area contributed by atoms with E-state index in [0.717, 1.165) is 13.0 Å². The Morgan fingerprint density at radius 3 is 2.63 bits per heavy atom. The van der Waals surface area contributed by atoms with Gasteiger partial charge in [-0.25, -0.2) is 0 Å². The molecule has 0 saturated heterocycles. The van der Waals surface area contributed by atoms with E-state index in [0.29, 0.717) is 6.61 Å². The van der Waals surface area contributed by atoms with Crippen LogP contribution in [-0.2, 0) is 24.4 Å². The van der Waals surface area contributed by atoms with Crippen molar-refractivity contribution in [1.82, 2.24) is 5.43 Å². The average Bonchev–Trinajstić information content (AvgIpc) is 2.93. The lowest BCUT2D eigenvalue weighted by Crippen LogP contribution is -2.29. The largest absolute Gasteiger partial charge is 0.372 e. The van der Waals surface area contributed by atoms with Gasteiger partial charge in [-0.3, -0.25) is 11.3 Å². The predicted octanol–water partition coefficient (Wildman–Crippen LogP) is 2.46. The Morgan fingerprint density at radius 2 is 1.84 bits per heavy atom. The van der Waals surface area contributed by atoms with Gasteiger partial charge in [0.15, 0.2) is 0 Å². The van der Waals surface area contributed by atoms with E-state index in [4.69, 9.17) is 10.6 Å². The van der Waals surface area contributed by atoms with E-state index in [1.54, 1.807) is 0 Å². The molecule has 1 atom stereocenters. The maximum absolute atomic E-state index is 5.72. The third kappa shape index (κ3) is 2.68. The second-order valence-corrected chi connectivity index (χ2v) is 4.93. The quantitative estimate of drug-likeness (QED) is 0.651. The molecule has 0 radical (unpaired) electrons. The normalized spacial score (nSPS) is 15.2. The molecule has 0 aromatic heterocycles. The van der Waals surface area contributed by atoms with Gasteiger partial charge in [-0.15, -0.1) is 0 Å². The van der Waals surface area contributed by atoms with Gasteiger partial charge in [-0.1, -0.05) is 48.5 Å². The number of benzene rings is 2. The van der Waals surface area contributed by atoms with Crippen LogP contribution in [0.4, 0.5) is 0 Å². The zero-order valence-corrected chi connectivity index (χ0v) is 10.8. The van der Waals surface area contributed by atoms with Crippen molar-refractivity contribution in [2.24, 2.45) is 5.84 Å². The maximum atomic E-state index is 5.72. The summed E-state index contributed by atoms with van der Waals surface area (Å²) in [6.45, 7) is 1.45. The van der Waals surface area contributed by atoms with Crippen molar-refractivity contribution in [3.8, 4) is 0 Å². The molecule has 2 aromatic rings. The first kappa shape index (κ1) is 12.4. The fraction of sp³-hybridized carbons (Fsp3) is 0.250. The Labute approximate surface area is 113 Å². The number of fused-ring (bicyclic) bond motifs is 1. The summed E-state index contributed by atoms with van der Waals surface area (Å²) in [7, 11) is 0. The lowest BCUT2D eigenvalue weighted by atomic mass is 9.96. The van der Waals surface area contributed by atoms with Crippen LogP contribution in [0.15, 0.2) is 48.5 Å². The van der Waals surface area contributed by atoms with Crippen LogP contribution >= 0.6 is 0 Å². The molecule has 0 amide bonds. The summed E-state index contributed by atoms with van der Waals surface area (Å²) in [6.07, 6.45) is 0.886. The van der Waals surface area contributed by atoms with Gasteiger partial charge in [-0.2, -0.15) is 0 Å². The summed E-state index contributed by atoms with van der Waals surface area (Å²) in [5, 5.41) is 0. The third-order valence-electron chi connectivity index (χ3n) is 3.63. The van der Waals surface area contributed by atoms with Crippen LogP contribution in [0.1, 0.15) is 28.3 Å². The first-order valence-electron chi connectivity index (χ1n) is 6.56. The Kier molecular flexibility index (Phi) is 3.60. The molecule has 0 fully saturated rings. The second-order valence-electron chi connectivity index (χ2n) is 4.93. The molecule has 3 rings (SSSR count). The number of hydrogen-bond donors (Lipinski definition) is 2. The minimum Gasteiger partial charge on any atom is -0.372 e. The first-order valence-corrected chi connectivity index (χ1v) is 6.56. The monoisotopic (exact) mass is 254 g/mol. The standard InChI is InChI=1S/C16H18N2O/c17-18-16(8-12-4-2-1-3-5-12)13-6-7-14-10-19-11-15(14)9-13/h1-7,9,16,18H,8,10-11,17H2. The van der Waals surface area contributed by atoms with Crippen molar-refractivity contribution in [2.45, 2.75) is 25.7 Å². The van der Waals surface area contributed by atoms with E-state index in [1.165, 1.54) is 22.3 Å². The molecule has 0 bridgehead atoms. The molecule has 1 aliphatic heterocycles. The molecule has 0 aliphatic carbocycles. The molecule has 0 spiro atoms. The number of rotatable bonds is 4. The topological polar surface area (TPSA) is 47.3 Å². The van der Waals surface area contributed by atoms with Crippen LogP contribution < -0.4 is 11.3 Å². The Balaban J connectivity index is 1.82. The molecule has 19 heavy (non-hydrogen) atoms. The van der Waals surface area contributed by atoms with E-state index in [1.807, 2.05) is 6.07 Å². The lowest BCUT2D eigenvalue weighted by Gasteiger charge is -2.17. The highest BCUT2D eigenvalue weighted by Gasteiger charge is 2.15. The molecule has 1 aliphatic rings. The van der Waals surface area contributed by atoms with Crippen LogP contribution in [0, 0.1) is 0 Å². The van der Waals surface area contributed by atoms with E-state index >= 15 is 0 Å². The van der Waals surface area contributed by atoms with Crippen molar-refractivity contribution in [3.05, 3.63) is 70.8 Å². The predicted molar refractivity (Wildman–Crippen MR) is 75.1 cm³/mol. The van der Waals surface area contributed by atoms with Gasteiger partial charge < -0.3 is 4.74 Å². The molecular formula is C16H18N2O. The fourth-order valence-corrected chi connectivity index (χ4v) is 2.53. The van der Waals surface area contributed by atoms with Crippen LogP contribution in [-0.4, -0.2) is 0 Å². The fourth-order valence-electron chi connectivity index (χ4n) is 2.53. The van der Waals surface area contributed by atoms with Gasteiger partial charge in [0.25, 0.3) is 0 Å². The summed E-state index contributed by atoms with van der Waals surface area (Å²) >= 11 is 0. The molecule has 3 heteroatoms. The highest BCUT2D eigenvalue weighted by Crippen LogP contribution is 2.25. The summed E-state index contributed by atoms with van der Waals surface area (Å²) in [4.78, 5) is 0. The first-order chi connectivity index (χ1) is 9.36. The van der Waals surface area contributed by atoms with Crippen molar-refractivity contribution in [3.63, 3.8) is 0 Å². The number of ether oxygens (including phenoxy) is 1. The summed E-state index contributed by atoms with van der Waals surface area (Å²) < 4.78 is 5.45. The summed E-state index contributed by atoms with van der Waals surface area (Å²) in [5.41, 5.74) is 7.99. The summed E-state index contributed by atoms with van der Waals surface area (Å²) in [6, 6.07) is 17.0. The Hall–Kier alpha value is -1.68. The molecule has 1 unspecified atom stereocenters. The minimum atomic E-state index is 0.133. The Morgan fingerprint density at radius 1 is 1.05 bits per heavy atom. The van der Waals surface area contributed by atoms with Gasteiger partial charge in [0.2, 0.25) is 0 Å². The number of hydrogen-bond acceptors (Lipinski definition) is 3. The molecule has 2 aromatic carbocycles. The minimum absolute atomic E-state index is 0.133. The van der Waals surface area contributed by atoms with Crippen molar-refractivity contribution in [1.29, 1.82) is 0 Å². The van der Waals surface area contributed by atoms with Crippen LogP contribution in [0.25, 0.3) is 0 Å². The molecule has 3 N–H and O–H groups in total. The van der Waals surface area contributed by atoms with Gasteiger partial charge in [-0.05, 0) is 28.7 Å². The van der Waals surface area contributed by atoms with E-state index < -0.39 is 0 Å². The van der Waals surface area contributed by atoms with Crippen molar-refractivity contribution in [2.75, 3.05) is 0 Å². The lowest BCUT2D eigenvalue weighted by molar-refractivity contribution is 0.134. The van der Waals surface area contributed by atoms with Gasteiger partial charge in [0.1, 0.15) is 0 Å². The van der Waals surface area contributed by atoms with Gasteiger partial charge in [0.05, 0.1) is 13.2 Å². The third-order valence-corrected chi connectivity index (χ3v) is 3.63. The zero-order chi connectivity index (χ0) is 13.1. The van der Waals surface area contributed by atoms with Crippen LogP contribution in [0.2, 0.25) is 0 Å². The molecule has 98 valence electrons. The second kappa shape index (κ2) is 5.53. The van der Waals surface area contributed by atoms with Crippen LogP contribution in [0.3, 0.4) is 0 Å². The average molecular weight is 254 g/mol. The van der Waals surface area contributed by atoms with Crippen molar-refractivity contribution >= 4 is 0 Å². The van der Waals surface area contributed by atoms with E-state index in [-0.39, 0.29) is 6.04 Å². The molecule has 3 nitrogen and oxygen atoms in total. The molecule has 1 heterocycles. The number of hydrazine groups is 1. The number of nitrogens with one attached hydrogen (secondary N) is 1. The highest BCUT2D eigenvalue weighted by molar-refractivity contribution is 5.35. The Bertz CT molecular complexity index is 554.